The fraction of sp³-hybridized carbons (Fsp3) is 0.500. The molecule has 1 unspecified atom stereocenters. The summed E-state index contributed by atoms with van der Waals surface area (Å²) >= 11 is 3.14. The van der Waals surface area contributed by atoms with Crippen LogP contribution in [0.15, 0.2) is 22.7 Å². The van der Waals surface area contributed by atoms with E-state index in [0.717, 1.165) is 0 Å². The molecule has 0 saturated carbocycles. The van der Waals surface area contributed by atoms with E-state index in [4.69, 9.17) is 9.47 Å². The number of carbonyl (C=O) groups excluding carboxylic acids is 3. The molecule has 142 valence electrons. The van der Waals surface area contributed by atoms with Crippen LogP contribution in [0.4, 0.5) is 9.18 Å². The summed E-state index contributed by atoms with van der Waals surface area (Å²) < 4.78 is 24.7. The predicted octanol–water partition coefficient (Wildman–Crippen LogP) is 3.57. The van der Waals surface area contributed by atoms with Crippen molar-refractivity contribution < 1.29 is 28.2 Å². The minimum absolute atomic E-state index is 0.0387. The summed E-state index contributed by atoms with van der Waals surface area (Å²) in [5.41, 5.74) is -0.828. The number of esters is 1. The zero-order chi connectivity index (χ0) is 19.6. The first-order valence-corrected chi connectivity index (χ1v) is 8.89. The van der Waals surface area contributed by atoms with Gasteiger partial charge in [0, 0.05) is 16.9 Å². The highest BCUT2D eigenvalue weighted by Crippen LogP contribution is 2.30. The smallest absolute Gasteiger partial charge is 0.411 e. The normalized spacial score (nSPS) is 20.0. The minimum atomic E-state index is -0.942. The number of methoxy groups -OCH3 is 1. The lowest BCUT2D eigenvalue weighted by Crippen LogP contribution is -2.43. The van der Waals surface area contributed by atoms with Crippen LogP contribution in [0.2, 0.25) is 0 Å². The number of carbonyl (C=O) groups is 3. The topological polar surface area (TPSA) is 72.9 Å². The minimum Gasteiger partial charge on any atom is -0.467 e. The van der Waals surface area contributed by atoms with Crippen molar-refractivity contribution >= 4 is 33.8 Å². The predicted molar refractivity (Wildman–Crippen MR) is 95.3 cm³/mol. The summed E-state index contributed by atoms with van der Waals surface area (Å²) in [6.45, 7) is 5.07. The van der Waals surface area contributed by atoms with E-state index in [1.165, 1.54) is 24.1 Å². The molecule has 2 atom stereocenters. The van der Waals surface area contributed by atoms with Crippen LogP contribution >= 0.6 is 15.9 Å². The number of ketones is 1. The molecule has 2 rings (SSSR count). The number of hydrogen-bond acceptors (Lipinski definition) is 5. The maximum atomic E-state index is 14.1. The Morgan fingerprint density at radius 3 is 2.46 bits per heavy atom. The van der Waals surface area contributed by atoms with Crippen LogP contribution < -0.4 is 0 Å². The van der Waals surface area contributed by atoms with Gasteiger partial charge in [-0.3, -0.25) is 9.69 Å². The van der Waals surface area contributed by atoms with E-state index in [-0.39, 0.29) is 18.5 Å². The van der Waals surface area contributed by atoms with Crippen LogP contribution in [0, 0.1) is 11.7 Å². The molecule has 26 heavy (non-hydrogen) atoms. The van der Waals surface area contributed by atoms with Crippen LogP contribution in [-0.2, 0) is 14.3 Å². The van der Waals surface area contributed by atoms with Gasteiger partial charge < -0.3 is 9.47 Å². The monoisotopic (exact) mass is 429 g/mol. The molecule has 1 aromatic carbocycles. The Balaban J connectivity index is 2.25. The van der Waals surface area contributed by atoms with Crippen molar-refractivity contribution in [2.45, 2.75) is 38.8 Å². The second kappa shape index (κ2) is 7.73. The first-order chi connectivity index (χ1) is 12.0. The molecule has 6 nitrogen and oxygen atoms in total. The Labute approximate surface area is 159 Å². The van der Waals surface area contributed by atoms with E-state index in [2.05, 4.69) is 15.9 Å². The number of rotatable bonds is 3. The van der Waals surface area contributed by atoms with Gasteiger partial charge in [-0.25, -0.2) is 14.0 Å². The zero-order valence-corrected chi connectivity index (χ0v) is 16.6. The first kappa shape index (κ1) is 20.4. The van der Waals surface area contributed by atoms with Crippen LogP contribution in [0.25, 0.3) is 0 Å². The van der Waals surface area contributed by atoms with Crippen molar-refractivity contribution in [3.05, 3.63) is 34.1 Å². The number of halogens is 2. The molecule has 1 heterocycles. The molecular weight excluding hydrogens is 409 g/mol. The van der Waals surface area contributed by atoms with E-state index in [1.807, 2.05) is 0 Å². The van der Waals surface area contributed by atoms with Gasteiger partial charge in [-0.1, -0.05) is 15.9 Å². The van der Waals surface area contributed by atoms with Crippen LogP contribution in [0.3, 0.4) is 0 Å². The number of hydrogen-bond donors (Lipinski definition) is 0. The Morgan fingerprint density at radius 2 is 1.92 bits per heavy atom. The Kier molecular flexibility index (Phi) is 6.05. The van der Waals surface area contributed by atoms with E-state index in [0.29, 0.717) is 4.47 Å². The van der Waals surface area contributed by atoms with Crippen molar-refractivity contribution in [1.82, 2.24) is 4.90 Å². The third kappa shape index (κ3) is 4.60. The average molecular weight is 430 g/mol. The van der Waals surface area contributed by atoms with Crippen molar-refractivity contribution in [1.29, 1.82) is 0 Å². The molecule has 1 aromatic rings. The van der Waals surface area contributed by atoms with E-state index < -0.39 is 41.2 Å². The number of benzene rings is 1. The van der Waals surface area contributed by atoms with Crippen molar-refractivity contribution in [2.75, 3.05) is 13.7 Å². The largest absolute Gasteiger partial charge is 0.467 e. The lowest BCUT2D eigenvalue weighted by molar-refractivity contribution is -0.145. The lowest BCUT2D eigenvalue weighted by atomic mass is 9.95. The van der Waals surface area contributed by atoms with Crippen molar-refractivity contribution in [2.24, 2.45) is 5.92 Å². The van der Waals surface area contributed by atoms with Gasteiger partial charge in [0.1, 0.15) is 17.5 Å². The van der Waals surface area contributed by atoms with Crippen molar-refractivity contribution in [3.63, 3.8) is 0 Å². The fourth-order valence-corrected chi connectivity index (χ4v) is 3.15. The van der Waals surface area contributed by atoms with E-state index in [9.17, 15) is 18.8 Å². The average Bonchev–Trinajstić information content (AvgIpc) is 2.97. The van der Waals surface area contributed by atoms with Crippen LogP contribution in [0.5, 0.6) is 0 Å². The molecule has 1 aliphatic heterocycles. The SMILES string of the molecule is COC(=O)[C@@H]1CC(C(=O)c2ccc(Br)cc2F)CN1C(=O)OC(C)(C)C. The maximum absolute atomic E-state index is 14.1. The van der Waals surface area contributed by atoms with Crippen molar-refractivity contribution in [3.8, 4) is 0 Å². The number of ether oxygens (including phenoxy) is 2. The van der Waals surface area contributed by atoms with Gasteiger partial charge in [0.2, 0.25) is 0 Å². The number of nitrogens with zero attached hydrogens (tertiary/aromatic N) is 1. The van der Waals surface area contributed by atoms with E-state index in [1.54, 1.807) is 26.8 Å². The molecule has 1 amide bonds. The second-order valence-corrected chi connectivity index (χ2v) is 8.01. The maximum Gasteiger partial charge on any atom is 0.411 e. The molecule has 1 saturated heterocycles. The molecule has 0 aromatic heterocycles. The first-order valence-electron chi connectivity index (χ1n) is 8.10. The van der Waals surface area contributed by atoms with Gasteiger partial charge >= 0.3 is 12.1 Å². The van der Waals surface area contributed by atoms with Gasteiger partial charge in [-0.05, 0) is 45.4 Å². The summed E-state index contributed by atoms with van der Waals surface area (Å²) in [6.07, 6.45) is -0.653. The molecule has 0 bridgehead atoms. The standard InChI is InChI=1S/C18H21BrFNO5/c1-18(2,3)26-17(24)21-9-10(7-14(21)16(23)25-4)15(22)12-6-5-11(19)8-13(12)20/h5-6,8,10,14H,7,9H2,1-4H3/t10?,14-/m0/s1. The molecule has 8 heteroatoms. The summed E-state index contributed by atoms with van der Waals surface area (Å²) in [7, 11) is 1.21. The third-order valence-electron chi connectivity index (χ3n) is 3.97. The Bertz CT molecular complexity index is 731. The van der Waals surface area contributed by atoms with Crippen LogP contribution in [-0.4, -0.2) is 48.0 Å². The highest BCUT2D eigenvalue weighted by molar-refractivity contribution is 9.10. The van der Waals surface area contributed by atoms with E-state index >= 15 is 0 Å². The Morgan fingerprint density at radius 1 is 1.27 bits per heavy atom. The van der Waals surface area contributed by atoms with Gasteiger partial charge in [-0.2, -0.15) is 0 Å². The van der Waals surface area contributed by atoms with Crippen LogP contribution in [0.1, 0.15) is 37.6 Å². The zero-order valence-electron chi connectivity index (χ0n) is 15.0. The third-order valence-corrected chi connectivity index (χ3v) is 4.46. The second-order valence-electron chi connectivity index (χ2n) is 7.09. The lowest BCUT2D eigenvalue weighted by Gasteiger charge is -2.27. The number of likely N-dealkylation sites (tertiary alicyclic amines) is 1. The highest BCUT2D eigenvalue weighted by Gasteiger charge is 2.45. The number of amides is 1. The van der Waals surface area contributed by atoms with Gasteiger partial charge in [0.25, 0.3) is 0 Å². The molecule has 1 aliphatic rings. The number of Topliss-reactive ketones (excluding diaryl/α,β-unsaturated/α-hetero) is 1. The Hall–Kier alpha value is -1.96. The molecule has 0 spiro atoms. The summed E-state index contributed by atoms with van der Waals surface area (Å²) in [5.74, 6) is -2.48. The molecule has 0 aliphatic carbocycles. The van der Waals surface area contributed by atoms with Gasteiger partial charge in [0.05, 0.1) is 12.7 Å². The van der Waals surface area contributed by atoms with Gasteiger partial charge in [-0.15, -0.1) is 0 Å². The van der Waals surface area contributed by atoms with Gasteiger partial charge in [0.15, 0.2) is 5.78 Å². The quantitative estimate of drug-likeness (QED) is 0.542. The molecule has 1 fully saturated rings. The summed E-state index contributed by atoms with van der Waals surface area (Å²) in [6, 6.07) is 3.20. The molecule has 0 radical (unpaired) electrons. The highest BCUT2D eigenvalue weighted by atomic mass is 79.9. The fourth-order valence-electron chi connectivity index (χ4n) is 2.82. The summed E-state index contributed by atoms with van der Waals surface area (Å²) in [4.78, 5) is 38.3. The molecular formula is C18H21BrFNO5. The summed E-state index contributed by atoms with van der Waals surface area (Å²) in [5, 5.41) is 0. The molecule has 0 N–H and O–H groups in total.